The summed E-state index contributed by atoms with van der Waals surface area (Å²) < 4.78 is 21.7. The van der Waals surface area contributed by atoms with Crippen molar-refractivity contribution in [3.63, 3.8) is 0 Å². The monoisotopic (exact) mass is 393 g/mol. The largest absolute Gasteiger partial charge is 0.493 e. The van der Waals surface area contributed by atoms with Crippen molar-refractivity contribution in [2.45, 2.75) is 6.61 Å². The van der Waals surface area contributed by atoms with E-state index in [4.69, 9.17) is 18.9 Å². The molecule has 0 unspecified atom stereocenters. The summed E-state index contributed by atoms with van der Waals surface area (Å²) in [7, 11) is 3.10. The van der Waals surface area contributed by atoms with Gasteiger partial charge in [0.1, 0.15) is 18.1 Å². The number of hydrogen-bond acceptors (Lipinski definition) is 5. The first-order valence-electron chi connectivity index (χ1n) is 9.09. The van der Waals surface area contributed by atoms with Gasteiger partial charge in [-0.05, 0) is 42.0 Å². The maximum absolute atomic E-state index is 12.1. The van der Waals surface area contributed by atoms with Gasteiger partial charge in [0.25, 0.3) is 5.91 Å². The Hall–Kier alpha value is -3.67. The maximum atomic E-state index is 12.1. The minimum absolute atomic E-state index is 0.113. The number of rotatable bonds is 9. The van der Waals surface area contributed by atoms with Gasteiger partial charge in [-0.3, -0.25) is 4.79 Å². The van der Waals surface area contributed by atoms with Crippen molar-refractivity contribution in [3.8, 4) is 23.0 Å². The quantitative estimate of drug-likeness (QED) is 0.587. The zero-order valence-corrected chi connectivity index (χ0v) is 16.4. The van der Waals surface area contributed by atoms with Gasteiger partial charge in [-0.1, -0.05) is 30.3 Å². The number of anilines is 1. The molecule has 29 heavy (non-hydrogen) atoms. The smallest absolute Gasteiger partial charge is 0.262 e. The topological polar surface area (TPSA) is 66.0 Å². The molecule has 0 saturated carbocycles. The molecule has 0 heterocycles. The van der Waals surface area contributed by atoms with Gasteiger partial charge in [-0.15, -0.1) is 0 Å². The van der Waals surface area contributed by atoms with Crippen LogP contribution in [0.3, 0.4) is 0 Å². The highest BCUT2D eigenvalue weighted by atomic mass is 16.5. The molecular formula is C23H23NO5. The van der Waals surface area contributed by atoms with Crippen LogP contribution in [0.25, 0.3) is 0 Å². The first-order chi connectivity index (χ1) is 14.2. The number of carbonyl (C=O) groups is 1. The number of amides is 1. The minimum Gasteiger partial charge on any atom is -0.493 e. The van der Waals surface area contributed by atoms with Crippen molar-refractivity contribution in [2.24, 2.45) is 0 Å². The summed E-state index contributed by atoms with van der Waals surface area (Å²) >= 11 is 0. The molecule has 150 valence electrons. The number of methoxy groups -OCH3 is 2. The lowest BCUT2D eigenvalue weighted by molar-refractivity contribution is -0.118. The first kappa shape index (κ1) is 20.1. The van der Waals surface area contributed by atoms with E-state index in [1.807, 2.05) is 42.5 Å². The lowest BCUT2D eigenvalue weighted by atomic mass is 10.2. The molecule has 3 aromatic carbocycles. The third kappa shape index (κ3) is 5.90. The molecule has 6 heteroatoms. The van der Waals surface area contributed by atoms with Crippen molar-refractivity contribution in [2.75, 3.05) is 26.1 Å². The molecule has 0 radical (unpaired) electrons. The maximum Gasteiger partial charge on any atom is 0.262 e. The fourth-order valence-electron chi connectivity index (χ4n) is 2.63. The Morgan fingerprint density at radius 3 is 2.10 bits per heavy atom. The second kappa shape index (κ2) is 10.0. The fraction of sp³-hybridized carbons (Fsp3) is 0.174. The molecule has 0 bridgehead atoms. The highest BCUT2D eigenvalue weighted by molar-refractivity contribution is 5.92. The predicted molar refractivity (Wildman–Crippen MR) is 111 cm³/mol. The van der Waals surface area contributed by atoms with E-state index < -0.39 is 0 Å². The van der Waals surface area contributed by atoms with Crippen LogP contribution in [-0.4, -0.2) is 26.7 Å². The lowest BCUT2D eigenvalue weighted by Gasteiger charge is -2.11. The van der Waals surface area contributed by atoms with Crippen LogP contribution in [0, 0.1) is 0 Å². The number of carbonyl (C=O) groups excluding carboxylic acids is 1. The molecule has 1 amide bonds. The van der Waals surface area contributed by atoms with E-state index in [1.165, 1.54) is 0 Å². The van der Waals surface area contributed by atoms with Gasteiger partial charge in [-0.2, -0.15) is 0 Å². The van der Waals surface area contributed by atoms with E-state index in [9.17, 15) is 4.79 Å². The van der Waals surface area contributed by atoms with Crippen molar-refractivity contribution in [1.29, 1.82) is 0 Å². The molecule has 1 N–H and O–H groups in total. The average Bonchev–Trinajstić information content (AvgIpc) is 2.77. The molecule has 0 saturated heterocycles. The number of nitrogens with one attached hydrogen (secondary N) is 1. The molecule has 0 fully saturated rings. The lowest BCUT2D eigenvalue weighted by Crippen LogP contribution is -2.20. The standard InChI is InChI=1S/C23H23NO5/c1-26-21-13-8-18(14-22(21)27-2)24-23(25)16-29-20-11-9-19(10-12-20)28-15-17-6-4-3-5-7-17/h3-14H,15-16H2,1-2H3,(H,24,25). The Morgan fingerprint density at radius 2 is 1.45 bits per heavy atom. The fourth-order valence-corrected chi connectivity index (χ4v) is 2.63. The Balaban J connectivity index is 1.47. The molecule has 0 atom stereocenters. The molecule has 0 spiro atoms. The van der Waals surface area contributed by atoms with Crippen LogP contribution in [0.4, 0.5) is 5.69 Å². The Labute approximate surface area is 170 Å². The molecule has 0 aromatic heterocycles. The van der Waals surface area contributed by atoms with Crippen LogP contribution in [0.1, 0.15) is 5.56 Å². The van der Waals surface area contributed by atoms with Crippen LogP contribution < -0.4 is 24.3 Å². The van der Waals surface area contributed by atoms with Gasteiger partial charge in [0.15, 0.2) is 18.1 Å². The van der Waals surface area contributed by atoms with Gasteiger partial charge in [0.05, 0.1) is 14.2 Å². The summed E-state index contributed by atoms with van der Waals surface area (Å²) in [5, 5.41) is 2.76. The van der Waals surface area contributed by atoms with Gasteiger partial charge in [0, 0.05) is 11.8 Å². The molecule has 0 aliphatic carbocycles. The summed E-state index contributed by atoms with van der Waals surface area (Å²) in [6.45, 7) is 0.382. The van der Waals surface area contributed by atoms with Crippen molar-refractivity contribution in [3.05, 3.63) is 78.4 Å². The van der Waals surface area contributed by atoms with E-state index >= 15 is 0 Å². The normalized spacial score (nSPS) is 10.1. The van der Waals surface area contributed by atoms with E-state index in [0.717, 1.165) is 11.3 Å². The molecule has 0 aliphatic rings. The Bertz CT molecular complexity index is 926. The summed E-state index contributed by atoms with van der Waals surface area (Å²) in [5.74, 6) is 2.17. The third-order valence-corrected chi connectivity index (χ3v) is 4.11. The molecule has 3 aromatic rings. The van der Waals surface area contributed by atoms with Gasteiger partial charge < -0.3 is 24.3 Å². The van der Waals surface area contributed by atoms with Crippen LogP contribution in [0.15, 0.2) is 72.8 Å². The molecule has 0 aliphatic heterocycles. The highest BCUT2D eigenvalue weighted by Gasteiger charge is 2.08. The summed E-state index contributed by atoms with van der Waals surface area (Å²) in [4.78, 5) is 12.1. The predicted octanol–water partition coefficient (Wildman–Crippen LogP) is 4.30. The van der Waals surface area contributed by atoms with Crippen molar-refractivity contribution >= 4 is 11.6 Å². The number of benzene rings is 3. The summed E-state index contributed by atoms with van der Waals surface area (Å²) in [5.41, 5.74) is 1.69. The Kier molecular flexibility index (Phi) is 6.95. The van der Waals surface area contributed by atoms with Crippen LogP contribution in [0.2, 0.25) is 0 Å². The second-order valence-electron chi connectivity index (χ2n) is 6.15. The molecule has 6 nitrogen and oxygen atoms in total. The average molecular weight is 393 g/mol. The van der Waals surface area contributed by atoms with Crippen LogP contribution in [-0.2, 0) is 11.4 Å². The highest BCUT2D eigenvalue weighted by Crippen LogP contribution is 2.29. The van der Waals surface area contributed by atoms with E-state index in [2.05, 4.69) is 5.32 Å². The van der Waals surface area contributed by atoms with Gasteiger partial charge in [0.2, 0.25) is 0 Å². The van der Waals surface area contributed by atoms with Crippen molar-refractivity contribution < 1.29 is 23.7 Å². The van der Waals surface area contributed by atoms with Crippen molar-refractivity contribution in [1.82, 2.24) is 0 Å². The summed E-state index contributed by atoms with van der Waals surface area (Å²) in [6.07, 6.45) is 0. The zero-order chi connectivity index (χ0) is 20.5. The molecule has 3 rings (SSSR count). The number of ether oxygens (including phenoxy) is 4. The van der Waals surface area contributed by atoms with Gasteiger partial charge in [-0.25, -0.2) is 0 Å². The zero-order valence-electron chi connectivity index (χ0n) is 16.4. The number of hydrogen-bond donors (Lipinski definition) is 1. The van der Waals surface area contributed by atoms with Gasteiger partial charge >= 0.3 is 0 Å². The van der Waals surface area contributed by atoms with Crippen LogP contribution >= 0.6 is 0 Å². The Morgan fingerprint density at radius 1 is 0.793 bits per heavy atom. The minimum atomic E-state index is -0.276. The van der Waals surface area contributed by atoms with E-state index in [1.54, 1.807) is 44.6 Å². The first-order valence-corrected chi connectivity index (χ1v) is 9.09. The third-order valence-electron chi connectivity index (χ3n) is 4.11. The SMILES string of the molecule is COc1ccc(NC(=O)COc2ccc(OCc3ccccc3)cc2)cc1OC. The summed E-state index contributed by atoms with van der Waals surface area (Å²) in [6, 6.07) is 22.2. The van der Waals surface area contributed by atoms with E-state index in [-0.39, 0.29) is 12.5 Å². The van der Waals surface area contributed by atoms with E-state index in [0.29, 0.717) is 29.5 Å². The van der Waals surface area contributed by atoms with Crippen LogP contribution in [0.5, 0.6) is 23.0 Å². The second-order valence-corrected chi connectivity index (χ2v) is 6.15. The molecular weight excluding hydrogens is 370 g/mol.